The van der Waals surface area contributed by atoms with Crippen LogP contribution in [0.1, 0.15) is 37.8 Å². The number of sulfonamides is 1. The number of hydrogen-bond donors (Lipinski definition) is 3. The summed E-state index contributed by atoms with van der Waals surface area (Å²) in [5.41, 5.74) is 6.78. The van der Waals surface area contributed by atoms with Gasteiger partial charge in [0, 0.05) is 5.69 Å². The van der Waals surface area contributed by atoms with E-state index in [-0.39, 0.29) is 11.5 Å². The Morgan fingerprint density at radius 1 is 1.25 bits per heavy atom. The van der Waals surface area contributed by atoms with Crippen molar-refractivity contribution in [3.05, 3.63) is 23.3 Å². The van der Waals surface area contributed by atoms with Gasteiger partial charge < -0.3 is 10.8 Å². The normalized spacial score (nSPS) is 12.7. The molecular weight excluding hydrogens is 276 g/mol. The summed E-state index contributed by atoms with van der Waals surface area (Å²) in [6.45, 7) is 6.94. The maximum atomic E-state index is 12.6. The third-order valence-electron chi connectivity index (χ3n) is 3.84. The molecule has 1 rings (SSSR count). The molecule has 0 aliphatic heterocycles. The quantitative estimate of drug-likeness (QED) is 0.697. The molecule has 0 atom stereocenters. The van der Waals surface area contributed by atoms with E-state index in [1.165, 1.54) is 0 Å². The van der Waals surface area contributed by atoms with Gasteiger partial charge in [0.1, 0.15) is 0 Å². The smallest absolute Gasteiger partial charge is 0.241 e. The molecule has 0 saturated heterocycles. The molecule has 1 aromatic rings. The van der Waals surface area contributed by atoms with E-state index in [4.69, 9.17) is 5.73 Å². The second-order valence-corrected chi connectivity index (χ2v) is 6.88. The van der Waals surface area contributed by atoms with E-state index in [1.54, 1.807) is 26.0 Å². The number of nitrogens with one attached hydrogen (secondary N) is 1. The highest BCUT2D eigenvalue weighted by Crippen LogP contribution is 2.25. The minimum absolute atomic E-state index is 0.176. The van der Waals surface area contributed by atoms with Crippen molar-refractivity contribution in [3.63, 3.8) is 0 Å². The Labute approximate surface area is 121 Å². The van der Waals surface area contributed by atoms with E-state index < -0.39 is 15.6 Å². The van der Waals surface area contributed by atoms with Crippen LogP contribution in [0.25, 0.3) is 0 Å². The molecule has 0 saturated carbocycles. The number of aryl methyl sites for hydroxylation is 1. The van der Waals surface area contributed by atoms with Gasteiger partial charge >= 0.3 is 0 Å². The van der Waals surface area contributed by atoms with Gasteiger partial charge in [-0.05, 0) is 49.9 Å². The molecular formula is C14H24N2O3S. The molecule has 0 aliphatic rings. The summed E-state index contributed by atoms with van der Waals surface area (Å²) in [6, 6.07) is 3.34. The Bertz CT molecular complexity index is 570. The van der Waals surface area contributed by atoms with Gasteiger partial charge in [0.05, 0.1) is 17.0 Å². The Kier molecular flexibility index (Phi) is 5.18. The summed E-state index contributed by atoms with van der Waals surface area (Å²) < 4.78 is 27.8. The van der Waals surface area contributed by atoms with Crippen LogP contribution in [0.15, 0.2) is 17.0 Å². The summed E-state index contributed by atoms with van der Waals surface area (Å²) >= 11 is 0. The molecule has 0 amide bonds. The first-order valence-electron chi connectivity index (χ1n) is 6.73. The lowest BCUT2D eigenvalue weighted by Gasteiger charge is -2.30. The van der Waals surface area contributed by atoms with E-state index >= 15 is 0 Å². The topological polar surface area (TPSA) is 92.4 Å². The summed E-state index contributed by atoms with van der Waals surface area (Å²) in [7, 11) is -3.72. The molecule has 0 aliphatic carbocycles. The van der Waals surface area contributed by atoms with Gasteiger partial charge in [-0.25, -0.2) is 13.1 Å². The lowest BCUT2D eigenvalue weighted by molar-refractivity contribution is 0.172. The van der Waals surface area contributed by atoms with E-state index in [9.17, 15) is 13.5 Å². The van der Waals surface area contributed by atoms with Crippen molar-refractivity contribution < 1.29 is 13.5 Å². The number of benzene rings is 1. The molecule has 20 heavy (non-hydrogen) atoms. The van der Waals surface area contributed by atoms with Crippen LogP contribution >= 0.6 is 0 Å². The number of anilines is 1. The van der Waals surface area contributed by atoms with Crippen molar-refractivity contribution >= 4 is 15.7 Å². The highest BCUT2D eigenvalue weighted by Gasteiger charge is 2.32. The molecule has 114 valence electrons. The van der Waals surface area contributed by atoms with Crippen molar-refractivity contribution in [1.82, 2.24) is 4.72 Å². The molecule has 0 fully saturated rings. The van der Waals surface area contributed by atoms with E-state index in [1.807, 2.05) is 13.8 Å². The number of aliphatic hydroxyl groups is 1. The first kappa shape index (κ1) is 16.9. The Morgan fingerprint density at radius 2 is 1.80 bits per heavy atom. The average Bonchev–Trinajstić information content (AvgIpc) is 2.40. The van der Waals surface area contributed by atoms with Crippen molar-refractivity contribution in [2.45, 2.75) is 51.0 Å². The third kappa shape index (κ3) is 3.31. The molecule has 0 bridgehead atoms. The van der Waals surface area contributed by atoms with Crippen LogP contribution in [0.3, 0.4) is 0 Å². The minimum Gasteiger partial charge on any atom is -0.398 e. The predicted octanol–water partition coefficient (Wildman–Crippen LogP) is 1.72. The number of aliphatic hydroxyl groups excluding tert-OH is 1. The molecule has 0 radical (unpaired) electrons. The van der Waals surface area contributed by atoms with Crippen molar-refractivity contribution in [2.75, 3.05) is 12.3 Å². The highest BCUT2D eigenvalue weighted by atomic mass is 32.2. The van der Waals surface area contributed by atoms with Crippen LogP contribution in [0, 0.1) is 13.8 Å². The first-order chi connectivity index (χ1) is 9.21. The van der Waals surface area contributed by atoms with E-state index in [0.717, 1.165) is 5.56 Å². The largest absolute Gasteiger partial charge is 0.398 e. The fourth-order valence-electron chi connectivity index (χ4n) is 2.12. The van der Waals surface area contributed by atoms with Crippen LogP contribution in [-0.4, -0.2) is 25.7 Å². The maximum Gasteiger partial charge on any atom is 0.241 e. The second-order valence-electron chi connectivity index (χ2n) is 5.23. The van der Waals surface area contributed by atoms with Gasteiger partial charge in [0.15, 0.2) is 0 Å². The summed E-state index contributed by atoms with van der Waals surface area (Å²) in [5, 5.41) is 9.51. The maximum absolute atomic E-state index is 12.6. The van der Waals surface area contributed by atoms with Gasteiger partial charge in [-0.15, -0.1) is 0 Å². The average molecular weight is 300 g/mol. The summed E-state index contributed by atoms with van der Waals surface area (Å²) in [4.78, 5) is 0.176. The molecule has 6 heteroatoms. The number of rotatable bonds is 6. The van der Waals surface area contributed by atoms with Crippen molar-refractivity contribution in [2.24, 2.45) is 0 Å². The van der Waals surface area contributed by atoms with Crippen LogP contribution in [0.4, 0.5) is 5.69 Å². The monoisotopic (exact) mass is 300 g/mol. The Morgan fingerprint density at radius 3 is 2.25 bits per heavy atom. The molecule has 0 unspecified atom stereocenters. The fourth-order valence-corrected chi connectivity index (χ4v) is 4.02. The molecule has 1 aromatic carbocycles. The number of hydrogen-bond acceptors (Lipinski definition) is 4. The fraction of sp³-hybridized carbons (Fsp3) is 0.571. The number of nitrogen functional groups attached to an aromatic ring is 1. The highest BCUT2D eigenvalue weighted by molar-refractivity contribution is 7.89. The predicted molar refractivity (Wildman–Crippen MR) is 81.0 cm³/mol. The van der Waals surface area contributed by atoms with Crippen molar-refractivity contribution in [3.8, 4) is 0 Å². The van der Waals surface area contributed by atoms with Gasteiger partial charge in [0.25, 0.3) is 0 Å². The first-order valence-corrected chi connectivity index (χ1v) is 8.21. The van der Waals surface area contributed by atoms with Crippen molar-refractivity contribution in [1.29, 1.82) is 0 Å². The number of nitrogens with two attached hydrogens (primary N) is 1. The summed E-state index contributed by atoms with van der Waals surface area (Å²) in [6.07, 6.45) is 1.03. The zero-order chi connectivity index (χ0) is 15.6. The zero-order valence-electron chi connectivity index (χ0n) is 12.5. The van der Waals surface area contributed by atoms with Crippen LogP contribution in [0.2, 0.25) is 0 Å². The molecule has 4 N–H and O–H groups in total. The lowest BCUT2D eigenvalue weighted by atomic mass is 9.96. The summed E-state index contributed by atoms with van der Waals surface area (Å²) in [5.74, 6) is 0. The van der Waals surface area contributed by atoms with E-state index in [0.29, 0.717) is 24.1 Å². The molecule has 0 spiro atoms. The Hall–Kier alpha value is -1.11. The zero-order valence-corrected chi connectivity index (χ0v) is 13.3. The van der Waals surface area contributed by atoms with Crippen LogP contribution < -0.4 is 10.5 Å². The molecule has 0 aromatic heterocycles. The molecule has 0 heterocycles. The standard InChI is InChI=1S/C14H24N2O3S/c1-5-14(6-2,9-17)16-20(18,19)13-8-10(3)7-12(15)11(13)4/h7-8,16-17H,5-6,9,15H2,1-4H3. The molecule has 5 nitrogen and oxygen atoms in total. The lowest BCUT2D eigenvalue weighted by Crippen LogP contribution is -2.50. The second kappa shape index (κ2) is 6.11. The van der Waals surface area contributed by atoms with Crippen LogP contribution in [0.5, 0.6) is 0 Å². The van der Waals surface area contributed by atoms with Gasteiger partial charge in [0.2, 0.25) is 10.0 Å². The van der Waals surface area contributed by atoms with Gasteiger partial charge in [-0.3, -0.25) is 0 Å². The minimum atomic E-state index is -3.72. The SMILES string of the molecule is CCC(CC)(CO)NS(=O)(=O)c1cc(C)cc(N)c1C. The Balaban J connectivity index is 3.31. The third-order valence-corrected chi connectivity index (χ3v) is 5.55. The van der Waals surface area contributed by atoms with Crippen LogP contribution in [-0.2, 0) is 10.0 Å². The van der Waals surface area contributed by atoms with Gasteiger partial charge in [-0.2, -0.15) is 0 Å². The van der Waals surface area contributed by atoms with Gasteiger partial charge in [-0.1, -0.05) is 13.8 Å². The van der Waals surface area contributed by atoms with E-state index in [2.05, 4.69) is 4.72 Å².